The number of carbonyl (C=O) groups is 1. The molecule has 1 atom stereocenters. The summed E-state index contributed by atoms with van der Waals surface area (Å²) in [4.78, 5) is 19.8. The summed E-state index contributed by atoms with van der Waals surface area (Å²) in [5.74, 6) is -0.0725. The summed E-state index contributed by atoms with van der Waals surface area (Å²) >= 11 is 5.92. The van der Waals surface area contributed by atoms with Crippen molar-refractivity contribution in [1.29, 1.82) is 0 Å². The number of halogens is 1. The molecule has 124 valence electrons. The van der Waals surface area contributed by atoms with E-state index in [0.717, 1.165) is 22.2 Å². The average molecular weight is 344 g/mol. The first-order chi connectivity index (χ1) is 11.7. The zero-order valence-corrected chi connectivity index (χ0v) is 14.0. The van der Waals surface area contributed by atoms with Gasteiger partial charge in [0.1, 0.15) is 5.65 Å². The molecule has 0 saturated heterocycles. The molecular weight excluding hydrogens is 326 g/mol. The van der Waals surface area contributed by atoms with Crippen LogP contribution in [-0.4, -0.2) is 29.6 Å². The van der Waals surface area contributed by atoms with E-state index in [9.17, 15) is 4.79 Å². The number of aromatic nitrogens is 2. The fraction of sp³-hybridized carbons (Fsp3) is 0.222. The highest BCUT2D eigenvalue weighted by Crippen LogP contribution is 2.19. The standard InChI is InChI=1S/C18H18ClN3O2/c1-24-11-16(12-4-6-14(19)7-5-12)22-17(23)9-13-10-21-18-15(13)3-2-8-20-18/h2-8,10,16H,9,11H2,1H3,(H,20,21)(H,22,23)/t16-/m1/s1. The molecule has 0 aliphatic carbocycles. The van der Waals surface area contributed by atoms with E-state index in [-0.39, 0.29) is 18.4 Å². The van der Waals surface area contributed by atoms with Crippen LogP contribution in [0, 0.1) is 0 Å². The first-order valence-electron chi connectivity index (χ1n) is 7.62. The number of hydrogen-bond donors (Lipinski definition) is 2. The van der Waals surface area contributed by atoms with Crippen molar-refractivity contribution in [2.24, 2.45) is 0 Å². The highest BCUT2D eigenvalue weighted by Gasteiger charge is 2.16. The van der Waals surface area contributed by atoms with E-state index in [1.165, 1.54) is 0 Å². The van der Waals surface area contributed by atoms with Crippen LogP contribution in [0.5, 0.6) is 0 Å². The Morgan fingerprint density at radius 2 is 2.12 bits per heavy atom. The van der Waals surface area contributed by atoms with Crippen LogP contribution in [0.2, 0.25) is 5.02 Å². The fourth-order valence-electron chi connectivity index (χ4n) is 2.66. The van der Waals surface area contributed by atoms with Crippen LogP contribution in [0.1, 0.15) is 17.2 Å². The summed E-state index contributed by atoms with van der Waals surface area (Å²) in [5.41, 5.74) is 2.66. The molecule has 3 aromatic rings. The monoisotopic (exact) mass is 343 g/mol. The van der Waals surface area contributed by atoms with Gasteiger partial charge in [0.2, 0.25) is 5.91 Å². The quantitative estimate of drug-likeness (QED) is 0.722. The van der Waals surface area contributed by atoms with Crippen LogP contribution in [-0.2, 0) is 16.0 Å². The molecule has 3 rings (SSSR count). The lowest BCUT2D eigenvalue weighted by atomic mass is 10.1. The predicted molar refractivity (Wildman–Crippen MR) is 94.0 cm³/mol. The maximum atomic E-state index is 12.5. The maximum absolute atomic E-state index is 12.5. The minimum atomic E-state index is -0.219. The molecule has 0 unspecified atom stereocenters. The number of ether oxygens (including phenoxy) is 1. The average Bonchev–Trinajstić information content (AvgIpc) is 2.98. The van der Waals surface area contributed by atoms with Crippen molar-refractivity contribution in [2.45, 2.75) is 12.5 Å². The highest BCUT2D eigenvalue weighted by molar-refractivity contribution is 6.30. The van der Waals surface area contributed by atoms with Gasteiger partial charge in [0.05, 0.1) is 19.1 Å². The molecule has 0 aliphatic rings. The summed E-state index contributed by atoms with van der Waals surface area (Å²) in [5, 5.41) is 4.64. The van der Waals surface area contributed by atoms with E-state index in [2.05, 4.69) is 15.3 Å². The van der Waals surface area contributed by atoms with Crippen molar-refractivity contribution >= 4 is 28.5 Å². The Balaban J connectivity index is 1.72. The third-order valence-corrected chi connectivity index (χ3v) is 4.08. The van der Waals surface area contributed by atoms with Crippen molar-refractivity contribution in [3.05, 3.63) is 64.9 Å². The van der Waals surface area contributed by atoms with Gasteiger partial charge in [0.25, 0.3) is 0 Å². The molecule has 24 heavy (non-hydrogen) atoms. The van der Waals surface area contributed by atoms with Crippen molar-refractivity contribution < 1.29 is 9.53 Å². The van der Waals surface area contributed by atoms with E-state index in [1.54, 1.807) is 25.4 Å². The molecule has 2 heterocycles. The fourth-order valence-corrected chi connectivity index (χ4v) is 2.79. The number of pyridine rings is 1. The molecule has 1 aromatic carbocycles. The molecule has 0 spiro atoms. The summed E-state index contributed by atoms with van der Waals surface area (Å²) in [6, 6.07) is 11.0. The largest absolute Gasteiger partial charge is 0.382 e. The molecule has 6 heteroatoms. The summed E-state index contributed by atoms with van der Waals surface area (Å²) in [6.45, 7) is 0.392. The lowest BCUT2D eigenvalue weighted by molar-refractivity contribution is -0.121. The molecule has 0 radical (unpaired) electrons. The van der Waals surface area contributed by atoms with E-state index in [1.807, 2.05) is 30.5 Å². The molecule has 2 N–H and O–H groups in total. The molecule has 0 aliphatic heterocycles. The zero-order chi connectivity index (χ0) is 16.9. The smallest absolute Gasteiger partial charge is 0.225 e. The number of carbonyl (C=O) groups excluding carboxylic acids is 1. The van der Waals surface area contributed by atoms with E-state index in [4.69, 9.17) is 16.3 Å². The van der Waals surface area contributed by atoms with Crippen LogP contribution in [0.4, 0.5) is 0 Å². The number of amides is 1. The van der Waals surface area contributed by atoms with E-state index < -0.39 is 0 Å². The number of benzene rings is 1. The van der Waals surface area contributed by atoms with Gasteiger partial charge in [0.15, 0.2) is 0 Å². The van der Waals surface area contributed by atoms with Gasteiger partial charge in [-0.3, -0.25) is 4.79 Å². The van der Waals surface area contributed by atoms with Crippen LogP contribution in [0.3, 0.4) is 0 Å². The minimum Gasteiger partial charge on any atom is -0.382 e. The van der Waals surface area contributed by atoms with Gasteiger partial charge < -0.3 is 15.0 Å². The minimum absolute atomic E-state index is 0.0725. The van der Waals surface area contributed by atoms with Crippen LogP contribution in [0.25, 0.3) is 11.0 Å². The number of nitrogens with one attached hydrogen (secondary N) is 2. The van der Waals surface area contributed by atoms with Gasteiger partial charge in [-0.1, -0.05) is 23.7 Å². The molecule has 2 aromatic heterocycles. The molecule has 0 fully saturated rings. The highest BCUT2D eigenvalue weighted by atomic mass is 35.5. The first kappa shape index (κ1) is 16.5. The Labute approximate surface area is 145 Å². The van der Waals surface area contributed by atoms with Gasteiger partial charge in [-0.05, 0) is 35.4 Å². The van der Waals surface area contributed by atoms with Crippen molar-refractivity contribution in [1.82, 2.24) is 15.3 Å². The lowest BCUT2D eigenvalue weighted by Gasteiger charge is -2.18. The number of aromatic amines is 1. The van der Waals surface area contributed by atoms with Crippen molar-refractivity contribution in [2.75, 3.05) is 13.7 Å². The summed E-state index contributed by atoms with van der Waals surface area (Å²) in [6.07, 6.45) is 3.82. The molecule has 0 saturated carbocycles. The van der Waals surface area contributed by atoms with Gasteiger partial charge in [-0.15, -0.1) is 0 Å². The van der Waals surface area contributed by atoms with Crippen molar-refractivity contribution in [3.63, 3.8) is 0 Å². The van der Waals surface area contributed by atoms with Gasteiger partial charge >= 0.3 is 0 Å². The Hall–Kier alpha value is -2.37. The van der Waals surface area contributed by atoms with Crippen LogP contribution < -0.4 is 5.32 Å². The maximum Gasteiger partial charge on any atom is 0.225 e. The number of methoxy groups -OCH3 is 1. The van der Waals surface area contributed by atoms with Gasteiger partial charge in [-0.2, -0.15) is 0 Å². The zero-order valence-electron chi connectivity index (χ0n) is 13.3. The Bertz CT molecular complexity index is 830. The lowest BCUT2D eigenvalue weighted by Crippen LogP contribution is -2.32. The molecule has 5 nitrogen and oxygen atoms in total. The third-order valence-electron chi connectivity index (χ3n) is 3.83. The van der Waals surface area contributed by atoms with E-state index in [0.29, 0.717) is 11.6 Å². The third kappa shape index (κ3) is 3.75. The second-order valence-electron chi connectivity index (χ2n) is 5.52. The SMILES string of the molecule is COC[C@@H](NC(=O)Cc1c[nH]c2ncccc12)c1ccc(Cl)cc1. The first-order valence-corrected chi connectivity index (χ1v) is 8.00. The second-order valence-corrected chi connectivity index (χ2v) is 5.95. The Kier molecular flexibility index (Phi) is 5.13. The summed E-state index contributed by atoms with van der Waals surface area (Å²) < 4.78 is 5.23. The normalized spacial score (nSPS) is 12.2. The van der Waals surface area contributed by atoms with E-state index >= 15 is 0 Å². The van der Waals surface area contributed by atoms with Gasteiger partial charge in [0, 0.05) is 29.9 Å². The number of rotatable bonds is 6. The predicted octanol–water partition coefficient (Wildman–Crippen LogP) is 3.26. The summed E-state index contributed by atoms with van der Waals surface area (Å²) in [7, 11) is 1.61. The van der Waals surface area contributed by atoms with Gasteiger partial charge in [-0.25, -0.2) is 4.98 Å². The molecule has 1 amide bonds. The Morgan fingerprint density at radius 1 is 1.33 bits per heavy atom. The second kappa shape index (κ2) is 7.47. The number of hydrogen-bond acceptors (Lipinski definition) is 3. The van der Waals surface area contributed by atoms with Crippen molar-refractivity contribution in [3.8, 4) is 0 Å². The number of fused-ring (bicyclic) bond motifs is 1. The molecule has 0 bridgehead atoms. The van der Waals surface area contributed by atoms with Crippen LogP contribution in [0.15, 0.2) is 48.8 Å². The molecular formula is C18H18ClN3O2. The topological polar surface area (TPSA) is 67.0 Å². The number of H-pyrrole nitrogens is 1. The van der Waals surface area contributed by atoms with Crippen LogP contribution >= 0.6 is 11.6 Å². The Morgan fingerprint density at radius 3 is 2.88 bits per heavy atom. The number of nitrogens with zero attached hydrogens (tertiary/aromatic N) is 1.